The predicted octanol–water partition coefficient (Wildman–Crippen LogP) is 1.40. The van der Waals surface area contributed by atoms with Gasteiger partial charge in [0.2, 0.25) is 0 Å². The number of barbiturate groups is 1. The molecule has 0 unspecified atom stereocenters. The van der Waals surface area contributed by atoms with Crippen LogP contribution in [0.5, 0.6) is 0 Å². The summed E-state index contributed by atoms with van der Waals surface area (Å²) in [5.41, 5.74) is 0.529. The Morgan fingerprint density at radius 2 is 2.00 bits per heavy atom. The number of rotatable bonds is 3. The number of thiazole rings is 1. The molecule has 9 heteroatoms. The minimum atomic E-state index is -0.818. The fourth-order valence-corrected chi connectivity index (χ4v) is 2.96. The van der Waals surface area contributed by atoms with Crippen LogP contribution in [0.3, 0.4) is 0 Å². The van der Waals surface area contributed by atoms with Crippen LogP contribution in [-0.2, 0) is 16.1 Å². The lowest BCUT2D eigenvalue weighted by Crippen LogP contribution is -2.51. The van der Waals surface area contributed by atoms with Gasteiger partial charge in [-0.1, -0.05) is 11.6 Å². The molecule has 1 saturated heterocycles. The third kappa shape index (κ3) is 2.92. The van der Waals surface area contributed by atoms with Crippen molar-refractivity contribution in [2.24, 2.45) is 0 Å². The number of hydrogen-bond acceptors (Lipinski definition) is 5. The first kappa shape index (κ1) is 14.5. The second kappa shape index (κ2) is 5.74. The highest BCUT2D eigenvalue weighted by molar-refractivity contribution is 7.15. The first-order valence-corrected chi connectivity index (χ1v) is 7.36. The molecule has 0 radical (unpaired) electrons. The van der Waals surface area contributed by atoms with E-state index < -0.39 is 17.8 Å². The van der Waals surface area contributed by atoms with Gasteiger partial charge in [0.15, 0.2) is 4.47 Å². The molecule has 0 aromatic carbocycles. The summed E-state index contributed by atoms with van der Waals surface area (Å²) in [7, 11) is 0. The third-order valence-electron chi connectivity index (χ3n) is 2.95. The van der Waals surface area contributed by atoms with Crippen molar-refractivity contribution < 1.29 is 14.4 Å². The van der Waals surface area contributed by atoms with Crippen molar-refractivity contribution in [3.05, 3.63) is 45.1 Å². The minimum Gasteiger partial charge on any atom is -0.343 e. The van der Waals surface area contributed by atoms with Crippen LogP contribution in [0.1, 0.15) is 10.6 Å². The highest BCUT2D eigenvalue weighted by Crippen LogP contribution is 2.20. The van der Waals surface area contributed by atoms with Crippen molar-refractivity contribution in [2.75, 3.05) is 0 Å². The molecular weight excluding hydrogens is 328 g/mol. The fourth-order valence-electron chi connectivity index (χ4n) is 1.98. The van der Waals surface area contributed by atoms with Crippen LogP contribution >= 0.6 is 22.9 Å². The number of aromatic nitrogens is 2. The molecule has 4 amide bonds. The maximum atomic E-state index is 11.7. The summed E-state index contributed by atoms with van der Waals surface area (Å²) in [6, 6.07) is 2.73. The Morgan fingerprint density at radius 1 is 1.27 bits per heavy atom. The number of urea groups is 1. The van der Waals surface area contributed by atoms with Crippen molar-refractivity contribution in [1.29, 1.82) is 0 Å². The van der Waals surface area contributed by atoms with E-state index in [1.54, 1.807) is 18.3 Å². The Morgan fingerprint density at radius 3 is 2.64 bits per heavy atom. The molecule has 1 fully saturated rings. The number of imide groups is 2. The van der Waals surface area contributed by atoms with Crippen LogP contribution in [0, 0.1) is 0 Å². The maximum Gasteiger partial charge on any atom is 0.328 e. The SMILES string of the molecule is O=C1NC(=O)C(=Cc2cccn2Cc2cnc(Cl)s2)C(=O)N1. The zero-order valence-corrected chi connectivity index (χ0v) is 12.6. The lowest BCUT2D eigenvalue weighted by Gasteiger charge is -2.14. The summed E-state index contributed by atoms with van der Waals surface area (Å²) >= 11 is 7.15. The smallest absolute Gasteiger partial charge is 0.328 e. The van der Waals surface area contributed by atoms with E-state index in [0.29, 0.717) is 16.7 Å². The van der Waals surface area contributed by atoms with E-state index >= 15 is 0 Å². The standard InChI is InChI=1S/C13H9ClN4O3S/c14-12-15-5-8(22-12)6-18-3-1-2-7(18)4-9-10(19)16-13(21)17-11(9)20/h1-5H,6H2,(H2,16,17,19,20,21). The molecule has 7 nitrogen and oxygen atoms in total. The van der Waals surface area contributed by atoms with E-state index in [9.17, 15) is 14.4 Å². The second-order valence-corrected chi connectivity index (χ2v) is 6.13. The van der Waals surface area contributed by atoms with Gasteiger partial charge in [0.25, 0.3) is 11.8 Å². The van der Waals surface area contributed by atoms with Crippen LogP contribution in [0.2, 0.25) is 4.47 Å². The molecule has 0 bridgehead atoms. The van der Waals surface area contributed by atoms with Gasteiger partial charge in [-0.25, -0.2) is 9.78 Å². The topological polar surface area (TPSA) is 93.1 Å². The highest BCUT2D eigenvalue weighted by atomic mass is 35.5. The van der Waals surface area contributed by atoms with E-state index in [2.05, 4.69) is 4.98 Å². The normalized spacial score (nSPS) is 14.8. The Hall–Kier alpha value is -2.45. The van der Waals surface area contributed by atoms with Crippen molar-refractivity contribution in [3.63, 3.8) is 0 Å². The van der Waals surface area contributed by atoms with Gasteiger partial charge < -0.3 is 4.57 Å². The number of nitrogens with one attached hydrogen (secondary N) is 2. The second-order valence-electron chi connectivity index (χ2n) is 4.44. The van der Waals surface area contributed by atoms with E-state index in [1.807, 2.05) is 21.4 Å². The lowest BCUT2D eigenvalue weighted by molar-refractivity contribution is -0.123. The molecule has 2 aromatic rings. The van der Waals surface area contributed by atoms with E-state index in [0.717, 1.165) is 4.88 Å². The molecule has 1 aliphatic heterocycles. The Bertz CT molecular complexity index is 786. The van der Waals surface area contributed by atoms with Crippen molar-refractivity contribution in [3.8, 4) is 0 Å². The maximum absolute atomic E-state index is 11.7. The molecule has 2 aromatic heterocycles. The Kier molecular flexibility index (Phi) is 3.78. The number of carbonyl (C=O) groups is 3. The van der Waals surface area contributed by atoms with Crippen LogP contribution < -0.4 is 10.6 Å². The highest BCUT2D eigenvalue weighted by Gasteiger charge is 2.27. The molecule has 2 N–H and O–H groups in total. The summed E-state index contributed by atoms with van der Waals surface area (Å²) in [5.74, 6) is -1.44. The van der Waals surface area contributed by atoms with Gasteiger partial charge in [-0.05, 0) is 18.2 Å². The summed E-state index contributed by atoms with van der Waals surface area (Å²) in [6.07, 6.45) is 4.91. The summed E-state index contributed by atoms with van der Waals surface area (Å²) in [6.45, 7) is 0.513. The molecule has 0 atom stereocenters. The average molecular weight is 337 g/mol. The van der Waals surface area contributed by atoms with Gasteiger partial charge in [0, 0.05) is 23.0 Å². The molecule has 3 heterocycles. The fraction of sp³-hybridized carbons (Fsp3) is 0.0769. The molecule has 112 valence electrons. The molecule has 22 heavy (non-hydrogen) atoms. The van der Waals surface area contributed by atoms with Gasteiger partial charge >= 0.3 is 6.03 Å². The zero-order valence-electron chi connectivity index (χ0n) is 11.0. The molecule has 0 spiro atoms. The third-order valence-corrected chi connectivity index (χ3v) is 4.05. The van der Waals surface area contributed by atoms with Crippen molar-refractivity contribution in [1.82, 2.24) is 20.2 Å². The van der Waals surface area contributed by atoms with Gasteiger partial charge in [0.1, 0.15) is 5.57 Å². The number of halogens is 1. The summed E-state index contributed by atoms with van der Waals surface area (Å²) < 4.78 is 2.29. The van der Waals surface area contributed by atoms with Crippen LogP contribution in [0.25, 0.3) is 6.08 Å². The van der Waals surface area contributed by atoms with E-state index in [-0.39, 0.29) is 5.57 Å². The zero-order chi connectivity index (χ0) is 15.7. The van der Waals surface area contributed by atoms with Crippen molar-refractivity contribution in [2.45, 2.75) is 6.54 Å². The Balaban J connectivity index is 1.88. The predicted molar refractivity (Wildman–Crippen MR) is 80.3 cm³/mol. The van der Waals surface area contributed by atoms with E-state index in [1.165, 1.54) is 17.4 Å². The molecular formula is C13H9ClN4O3S. The van der Waals surface area contributed by atoms with Crippen LogP contribution in [0.15, 0.2) is 30.1 Å². The summed E-state index contributed by atoms with van der Waals surface area (Å²) in [4.78, 5) is 39.4. The van der Waals surface area contributed by atoms with Gasteiger partial charge in [-0.3, -0.25) is 20.2 Å². The first-order chi connectivity index (χ1) is 10.5. The van der Waals surface area contributed by atoms with Crippen molar-refractivity contribution >= 4 is 46.9 Å². The largest absolute Gasteiger partial charge is 0.343 e. The van der Waals surface area contributed by atoms with Crippen LogP contribution in [0.4, 0.5) is 4.79 Å². The first-order valence-electron chi connectivity index (χ1n) is 6.16. The molecule has 0 aliphatic carbocycles. The van der Waals surface area contributed by atoms with Gasteiger partial charge in [-0.2, -0.15) is 0 Å². The molecule has 1 aliphatic rings. The van der Waals surface area contributed by atoms with Gasteiger partial charge in [0.05, 0.1) is 6.54 Å². The Labute approximate surface area is 133 Å². The molecule has 3 rings (SSSR count). The quantitative estimate of drug-likeness (QED) is 0.654. The number of nitrogens with zero attached hydrogens (tertiary/aromatic N) is 2. The minimum absolute atomic E-state index is 0.123. The average Bonchev–Trinajstić information content (AvgIpc) is 3.04. The monoisotopic (exact) mass is 336 g/mol. The number of amides is 4. The van der Waals surface area contributed by atoms with Crippen LogP contribution in [-0.4, -0.2) is 27.4 Å². The van der Waals surface area contributed by atoms with Gasteiger partial charge in [-0.15, -0.1) is 11.3 Å². The molecule has 0 saturated carbocycles. The number of hydrogen-bond donors (Lipinski definition) is 2. The number of carbonyl (C=O) groups excluding carboxylic acids is 3. The lowest BCUT2D eigenvalue weighted by atomic mass is 10.1. The summed E-state index contributed by atoms with van der Waals surface area (Å²) in [5, 5.41) is 4.06. The van der Waals surface area contributed by atoms with E-state index in [4.69, 9.17) is 11.6 Å².